The summed E-state index contributed by atoms with van der Waals surface area (Å²) in [5.41, 5.74) is 2.31. The van der Waals surface area contributed by atoms with Crippen molar-refractivity contribution in [1.29, 1.82) is 0 Å². The Labute approximate surface area is 171 Å². The summed E-state index contributed by atoms with van der Waals surface area (Å²) in [5, 5.41) is 3.72. The number of carbonyl (C=O) groups excluding carboxylic acids is 1. The van der Waals surface area contributed by atoms with Gasteiger partial charge >= 0.3 is 6.03 Å². The minimum absolute atomic E-state index is 0.0362. The van der Waals surface area contributed by atoms with Crippen LogP contribution in [0.3, 0.4) is 0 Å². The molecule has 2 amide bonds. The lowest BCUT2D eigenvalue weighted by Gasteiger charge is -2.62. The monoisotopic (exact) mass is 398 g/mol. The van der Waals surface area contributed by atoms with E-state index >= 15 is 0 Å². The summed E-state index contributed by atoms with van der Waals surface area (Å²) in [6.45, 7) is 7.17. The number of likely N-dealkylation sites (tertiary alicyclic amines) is 2. The molecule has 6 heteroatoms. The molecule has 3 heterocycles. The van der Waals surface area contributed by atoms with Crippen molar-refractivity contribution < 1.29 is 4.79 Å². The van der Waals surface area contributed by atoms with Crippen LogP contribution < -0.4 is 5.32 Å². The van der Waals surface area contributed by atoms with Gasteiger partial charge in [0.15, 0.2) is 0 Å². The molecule has 1 aromatic heterocycles. The average Bonchev–Trinajstić information content (AvgIpc) is 2.69. The molecule has 2 saturated heterocycles. The van der Waals surface area contributed by atoms with E-state index in [9.17, 15) is 4.79 Å². The highest BCUT2D eigenvalue weighted by Crippen LogP contribution is 2.55. The first kappa shape index (κ1) is 19.2. The molecule has 0 aliphatic carbocycles. The summed E-state index contributed by atoms with van der Waals surface area (Å²) in [7, 11) is 0. The normalized spacial score (nSPS) is 21.6. The molecule has 1 N–H and O–H groups in total. The smallest absolute Gasteiger partial charge is 0.321 e. The number of nitrogens with one attached hydrogen (secondary N) is 1. The molecule has 0 radical (unpaired) electrons. The summed E-state index contributed by atoms with van der Waals surface area (Å²) in [5.74, 6) is 0. The molecule has 2 fully saturated rings. The van der Waals surface area contributed by atoms with Crippen LogP contribution in [0, 0.1) is 5.41 Å². The highest BCUT2D eigenvalue weighted by molar-refractivity contribution is 6.30. The van der Waals surface area contributed by atoms with Gasteiger partial charge < -0.3 is 10.2 Å². The van der Waals surface area contributed by atoms with Gasteiger partial charge in [-0.1, -0.05) is 23.7 Å². The molecule has 1 spiro atoms. The van der Waals surface area contributed by atoms with E-state index in [4.69, 9.17) is 11.6 Å². The molecule has 1 aromatic carbocycles. The molecule has 1 unspecified atom stereocenters. The number of hydrogen-bond acceptors (Lipinski definition) is 3. The Morgan fingerprint density at radius 3 is 2.54 bits per heavy atom. The number of nitrogens with zero attached hydrogens (tertiary/aromatic N) is 3. The third-order valence-corrected chi connectivity index (χ3v) is 6.47. The lowest BCUT2D eigenvalue weighted by molar-refractivity contribution is -0.123. The van der Waals surface area contributed by atoms with Crippen molar-refractivity contribution in [3.63, 3.8) is 0 Å². The number of halogens is 1. The summed E-state index contributed by atoms with van der Waals surface area (Å²) in [6.07, 6.45) is 5.41. The topological polar surface area (TPSA) is 48.5 Å². The Bertz CT molecular complexity index is 816. The van der Waals surface area contributed by atoms with Crippen LogP contribution in [0.2, 0.25) is 5.02 Å². The fraction of sp³-hybridized carbons (Fsp3) is 0.455. The second kappa shape index (κ2) is 7.72. The van der Waals surface area contributed by atoms with Crippen LogP contribution in [0.15, 0.2) is 48.8 Å². The van der Waals surface area contributed by atoms with Crippen LogP contribution in [0.4, 0.5) is 10.5 Å². The SMILES string of the molecule is CC(C)N1CC2(CCN(C(=O)Nc3cccnc3)CC2)C1c1ccc(Cl)cc1. The van der Waals surface area contributed by atoms with E-state index in [0.29, 0.717) is 12.1 Å². The van der Waals surface area contributed by atoms with Gasteiger partial charge in [-0.25, -0.2) is 4.79 Å². The van der Waals surface area contributed by atoms with Crippen molar-refractivity contribution in [2.45, 2.75) is 38.8 Å². The maximum Gasteiger partial charge on any atom is 0.321 e. The highest BCUT2D eigenvalue weighted by Gasteiger charge is 2.54. The van der Waals surface area contributed by atoms with Crippen LogP contribution in [0.1, 0.15) is 38.3 Å². The number of carbonyl (C=O) groups is 1. The minimum atomic E-state index is -0.0362. The third-order valence-electron chi connectivity index (χ3n) is 6.22. The second-order valence-corrected chi connectivity index (χ2v) is 8.68. The molecular formula is C22H27ClN4O. The predicted octanol–water partition coefficient (Wildman–Crippen LogP) is 4.81. The minimum Gasteiger partial charge on any atom is -0.324 e. The number of piperidine rings is 1. The molecule has 4 rings (SSSR count). The number of amides is 2. The van der Waals surface area contributed by atoms with Crippen LogP contribution >= 0.6 is 11.6 Å². The van der Waals surface area contributed by atoms with Gasteiger partial charge in [-0.3, -0.25) is 9.88 Å². The lowest BCUT2D eigenvalue weighted by Crippen LogP contribution is -2.64. The molecule has 28 heavy (non-hydrogen) atoms. The lowest BCUT2D eigenvalue weighted by atomic mass is 9.62. The number of rotatable bonds is 3. The van der Waals surface area contributed by atoms with Crippen LogP contribution in [0.5, 0.6) is 0 Å². The number of hydrogen-bond donors (Lipinski definition) is 1. The van der Waals surface area contributed by atoms with Gasteiger partial charge in [0.1, 0.15) is 0 Å². The van der Waals surface area contributed by atoms with Gasteiger partial charge in [0.2, 0.25) is 0 Å². The Kier molecular flexibility index (Phi) is 5.30. The van der Waals surface area contributed by atoms with Gasteiger partial charge in [-0.05, 0) is 56.5 Å². The third kappa shape index (κ3) is 3.61. The van der Waals surface area contributed by atoms with Crippen LogP contribution in [0.25, 0.3) is 0 Å². The molecule has 5 nitrogen and oxygen atoms in total. The van der Waals surface area contributed by atoms with Crippen molar-refractivity contribution in [1.82, 2.24) is 14.8 Å². The molecule has 2 aromatic rings. The highest BCUT2D eigenvalue weighted by atomic mass is 35.5. The molecule has 0 saturated carbocycles. The standard InChI is InChI=1S/C22H27ClN4O/c1-16(2)27-15-22(20(27)17-5-7-18(23)8-6-17)9-12-26(13-10-22)21(28)25-19-4-3-11-24-14-19/h3-8,11,14,16,20H,9-10,12-13,15H2,1-2H3,(H,25,28). The van der Waals surface area contributed by atoms with E-state index in [1.807, 2.05) is 29.2 Å². The molecular weight excluding hydrogens is 372 g/mol. The Balaban J connectivity index is 1.44. The quantitative estimate of drug-likeness (QED) is 0.806. The molecule has 148 valence electrons. The van der Waals surface area contributed by atoms with Crippen molar-refractivity contribution in [2.24, 2.45) is 5.41 Å². The Morgan fingerprint density at radius 1 is 1.21 bits per heavy atom. The second-order valence-electron chi connectivity index (χ2n) is 8.24. The van der Waals surface area contributed by atoms with Gasteiger partial charge in [-0.15, -0.1) is 0 Å². The van der Waals surface area contributed by atoms with Gasteiger partial charge in [0.05, 0.1) is 11.9 Å². The first-order chi connectivity index (χ1) is 13.5. The number of anilines is 1. The van der Waals surface area contributed by atoms with Crippen molar-refractivity contribution in [2.75, 3.05) is 25.0 Å². The first-order valence-corrected chi connectivity index (χ1v) is 10.3. The van der Waals surface area contributed by atoms with E-state index in [2.05, 4.69) is 41.2 Å². The zero-order valence-electron chi connectivity index (χ0n) is 16.4. The number of benzene rings is 1. The van der Waals surface area contributed by atoms with E-state index in [0.717, 1.165) is 43.2 Å². The average molecular weight is 399 g/mol. The van der Waals surface area contributed by atoms with Crippen molar-refractivity contribution in [3.8, 4) is 0 Å². The maximum atomic E-state index is 12.6. The number of urea groups is 1. The van der Waals surface area contributed by atoms with Crippen molar-refractivity contribution >= 4 is 23.3 Å². The number of pyridine rings is 1. The van der Waals surface area contributed by atoms with E-state index in [-0.39, 0.29) is 11.4 Å². The molecule has 2 aliphatic rings. The maximum absolute atomic E-state index is 12.6. The van der Waals surface area contributed by atoms with E-state index in [1.54, 1.807) is 12.4 Å². The first-order valence-electron chi connectivity index (χ1n) is 9.96. The summed E-state index contributed by atoms with van der Waals surface area (Å²) in [6, 6.07) is 12.8. The zero-order chi connectivity index (χ0) is 19.7. The summed E-state index contributed by atoms with van der Waals surface area (Å²) in [4.78, 5) is 21.2. The fourth-order valence-electron chi connectivity index (χ4n) is 4.68. The fourth-order valence-corrected chi connectivity index (χ4v) is 4.80. The van der Waals surface area contributed by atoms with E-state index in [1.165, 1.54) is 5.56 Å². The van der Waals surface area contributed by atoms with E-state index < -0.39 is 0 Å². The predicted molar refractivity (Wildman–Crippen MR) is 113 cm³/mol. The van der Waals surface area contributed by atoms with Crippen LogP contribution in [-0.2, 0) is 0 Å². The van der Waals surface area contributed by atoms with Gasteiger partial charge in [0.25, 0.3) is 0 Å². The molecule has 2 aliphatic heterocycles. The summed E-state index contributed by atoms with van der Waals surface area (Å²) >= 11 is 6.11. The van der Waals surface area contributed by atoms with Gasteiger partial charge in [0, 0.05) is 48.4 Å². The Morgan fingerprint density at radius 2 is 1.93 bits per heavy atom. The van der Waals surface area contributed by atoms with Crippen molar-refractivity contribution in [3.05, 3.63) is 59.4 Å². The van der Waals surface area contributed by atoms with Gasteiger partial charge in [-0.2, -0.15) is 0 Å². The zero-order valence-corrected chi connectivity index (χ0v) is 17.2. The largest absolute Gasteiger partial charge is 0.324 e. The summed E-state index contributed by atoms with van der Waals surface area (Å²) < 4.78 is 0. The number of aromatic nitrogens is 1. The molecule has 0 bridgehead atoms. The molecule has 1 atom stereocenters. The Hall–Kier alpha value is -2.11. The van der Waals surface area contributed by atoms with Crippen LogP contribution in [-0.4, -0.2) is 46.5 Å².